The van der Waals surface area contributed by atoms with Crippen LogP contribution in [0.25, 0.3) is 22.0 Å². The summed E-state index contributed by atoms with van der Waals surface area (Å²) in [4.78, 5) is 8.94. The van der Waals surface area contributed by atoms with Crippen LogP contribution in [-0.4, -0.2) is 36.6 Å². The molecule has 0 unspecified atom stereocenters. The third-order valence-corrected chi connectivity index (χ3v) is 7.53. The largest absolute Gasteiger partial charge is 0.457 e. The third kappa shape index (κ3) is 6.97. The van der Waals surface area contributed by atoms with Crippen LogP contribution in [0.1, 0.15) is 5.56 Å². The van der Waals surface area contributed by atoms with E-state index in [0.29, 0.717) is 13.1 Å². The van der Waals surface area contributed by atoms with Crippen molar-refractivity contribution in [1.82, 2.24) is 15.3 Å². The van der Waals surface area contributed by atoms with E-state index in [4.69, 9.17) is 10.5 Å². The number of hydrogen-bond acceptors (Lipinski definition) is 8. The number of nitrogens with two attached hydrogens (primary N) is 1. The van der Waals surface area contributed by atoms with Crippen molar-refractivity contribution in [3.05, 3.63) is 109 Å². The van der Waals surface area contributed by atoms with E-state index in [2.05, 4.69) is 26.7 Å². The molecule has 0 radical (unpaired) electrons. The SMILES string of the molecule is NCS(=O)(=O)CCNCc1ccc(-c2ccc3c(Nc4ccc(Oc5ccccc5)cc4)ncnc3c2)cc1. The Bertz CT molecular complexity index is 1640. The zero-order valence-corrected chi connectivity index (χ0v) is 22.1. The summed E-state index contributed by atoms with van der Waals surface area (Å²) < 4.78 is 28.9. The monoisotopic (exact) mass is 539 g/mol. The van der Waals surface area contributed by atoms with E-state index in [1.54, 1.807) is 6.33 Å². The molecule has 9 heteroatoms. The molecule has 0 bridgehead atoms. The number of para-hydroxylation sites is 1. The Hall–Kier alpha value is -4.31. The quantitative estimate of drug-likeness (QED) is 0.195. The number of nitrogens with zero attached hydrogens (tertiary/aromatic N) is 2. The van der Waals surface area contributed by atoms with Crippen LogP contribution in [0.5, 0.6) is 11.5 Å². The second kappa shape index (κ2) is 12.0. The van der Waals surface area contributed by atoms with Gasteiger partial charge in [-0.15, -0.1) is 0 Å². The first kappa shape index (κ1) is 26.3. The van der Waals surface area contributed by atoms with Crippen LogP contribution in [0, 0.1) is 0 Å². The van der Waals surface area contributed by atoms with E-state index < -0.39 is 9.84 Å². The Morgan fingerprint density at radius 3 is 2.26 bits per heavy atom. The minimum Gasteiger partial charge on any atom is -0.457 e. The molecule has 0 fully saturated rings. The predicted octanol–water partition coefficient (Wildman–Crippen LogP) is 5.25. The van der Waals surface area contributed by atoms with Crippen LogP contribution in [0.15, 0.2) is 103 Å². The second-order valence-electron chi connectivity index (χ2n) is 9.01. The molecule has 5 rings (SSSR count). The maximum Gasteiger partial charge on any atom is 0.164 e. The summed E-state index contributed by atoms with van der Waals surface area (Å²) in [6.07, 6.45) is 1.56. The average Bonchev–Trinajstić information content (AvgIpc) is 2.97. The lowest BCUT2D eigenvalue weighted by atomic mass is 10.0. The van der Waals surface area contributed by atoms with Crippen LogP contribution >= 0.6 is 0 Å². The van der Waals surface area contributed by atoms with Crippen LogP contribution in [-0.2, 0) is 16.4 Å². The van der Waals surface area contributed by atoms with Gasteiger partial charge in [0.25, 0.3) is 0 Å². The molecule has 0 aliphatic rings. The lowest BCUT2D eigenvalue weighted by molar-refractivity contribution is 0.483. The van der Waals surface area contributed by atoms with Crippen LogP contribution in [0.4, 0.5) is 11.5 Å². The van der Waals surface area contributed by atoms with Gasteiger partial charge in [0, 0.05) is 24.2 Å². The van der Waals surface area contributed by atoms with Gasteiger partial charge in [-0.2, -0.15) is 0 Å². The van der Waals surface area contributed by atoms with Crippen molar-refractivity contribution < 1.29 is 13.2 Å². The van der Waals surface area contributed by atoms with Gasteiger partial charge >= 0.3 is 0 Å². The molecule has 39 heavy (non-hydrogen) atoms. The number of aromatic nitrogens is 2. The molecule has 8 nitrogen and oxygen atoms in total. The standard InChI is InChI=1S/C30H29N5O3S/c31-20-39(36,37)17-16-32-19-22-6-8-23(9-7-22)24-10-15-28-29(18-24)33-21-34-30(28)35-25-11-13-27(14-12-25)38-26-4-2-1-3-5-26/h1-15,18,21,32H,16-17,19-20,31H2,(H,33,34,35). The van der Waals surface area contributed by atoms with Crippen molar-refractivity contribution >= 4 is 32.2 Å². The lowest BCUT2D eigenvalue weighted by Crippen LogP contribution is -2.26. The van der Waals surface area contributed by atoms with E-state index in [0.717, 1.165) is 50.6 Å². The fourth-order valence-electron chi connectivity index (χ4n) is 4.06. The summed E-state index contributed by atoms with van der Waals surface area (Å²) in [7, 11) is -3.17. The molecule has 0 atom stereocenters. The van der Waals surface area contributed by atoms with Gasteiger partial charge in [-0.3, -0.25) is 0 Å². The van der Waals surface area contributed by atoms with E-state index in [1.165, 1.54) is 0 Å². The first-order valence-corrected chi connectivity index (χ1v) is 14.4. The fraction of sp³-hybridized carbons (Fsp3) is 0.133. The van der Waals surface area contributed by atoms with Gasteiger partial charge in [0.15, 0.2) is 9.84 Å². The molecule has 1 heterocycles. The molecular weight excluding hydrogens is 510 g/mol. The summed E-state index contributed by atoms with van der Waals surface area (Å²) in [6, 6.07) is 31.7. The summed E-state index contributed by atoms with van der Waals surface area (Å²) in [6.45, 7) is 0.952. The Balaban J connectivity index is 1.24. The normalized spacial score (nSPS) is 11.4. The zero-order valence-electron chi connectivity index (χ0n) is 21.2. The number of benzene rings is 4. The van der Waals surface area contributed by atoms with Crippen molar-refractivity contribution in [2.75, 3.05) is 23.5 Å². The van der Waals surface area contributed by atoms with Crippen molar-refractivity contribution in [2.45, 2.75) is 6.54 Å². The number of sulfone groups is 1. The number of anilines is 2. The lowest BCUT2D eigenvalue weighted by Gasteiger charge is -2.11. The van der Waals surface area contributed by atoms with Crippen LogP contribution < -0.4 is 21.1 Å². The van der Waals surface area contributed by atoms with Gasteiger partial charge < -0.3 is 21.1 Å². The minimum atomic E-state index is -3.17. The van der Waals surface area contributed by atoms with Gasteiger partial charge in [0.2, 0.25) is 0 Å². The topological polar surface area (TPSA) is 119 Å². The van der Waals surface area contributed by atoms with Gasteiger partial charge in [-0.05, 0) is 65.2 Å². The van der Waals surface area contributed by atoms with Crippen LogP contribution in [0.3, 0.4) is 0 Å². The highest BCUT2D eigenvalue weighted by Crippen LogP contribution is 2.29. The first-order chi connectivity index (χ1) is 19.0. The van der Waals surface area contributed by atoms with Gasteiger partial charge in [-0.1, -0.05) is 48.5 Å². The molecule has 4 N–H and O–H groups in total. The highest BCUT2D eigenvalue weighted by Gasteiger charge is 2.09. The Morgan fingerprint density at radius 1 is 0.795 bits per heavy atom. The molecule has 4 aromatic carbocycles. The Labute approximate surface area is 227 Å². The number of ether oxygens (including phenoxy) is 1. The van der Waals surface area contributed by atoms with Gasteiger partial charge in [0.05, 0.1) is 17.1 Å². The highest BCUT2D eigenvalue weighted by molar-refractivity contribution is 7.91. The first-order valence-electron chi connectivity index (χ1n) is 12.5. The van der Waals surface area contributed by atoms with Crippen molar-refractivity contribution in [2.24, 2.45) is 5.73 Å². The van der Waals surface area contributed by atoms with Crippen LogP contribution in [0.2, 0.25) is 0 Å². The molecule has 5 aromatic rings. The molecule has 0 aliphatic carbocycles. The number of nitrogens with one attached hydrogen (secondary N) is 2. The molecule has 198 valence electrons. The summed E-state index contributed by atoms with van der Waals surface area (Å²) in [5.74, 6) is 1.98. The molecule has 0 aliphatic heterocycles. The highest BCUT2D eigenvalue weighted by atomic mass is 32.2. The number of rotatable bonds is 11. The smallest absolute Gasteiger partial charge is 0.164 e. The summed E-state index contributed by atoms with van der Waals surface area (Å²) in [5.41, 5.74) is 10.1. The van der Waals surface area contributed by atoms with E-state index in [9.17, 15) is 8.42 Å². The Kier molecular flexibility index (Phi) is 8.12. The molecule has 0 saturated carbocycles. The molecule has 1 aromatic heterocycles. The van der Waals surface area contributed by atoms with Gasteiger partial charge in [-0.25, -0.2) is 18.4 Å². The molecular formula is C30H29N5O3S. The van der Waals surface area contributed by atoms with Crippen molar-refractivity contribution in [3.8, 4) is 22.6 Å². The number of hydrogen-bond donors (Lipinski definition) is 3. The maximum absolute atomic E-state index is 11.5. The predicted molar refractivity (Wildman–Crippen MR) is 156 cm³/mol. The third-order valence-electron chi connectivity index (χ3n) is 6.19. The molecule has 0 spiro atoms. The Morgan fingerprint density at radius 2 is 1.51 bits per heavy atom. The summed E-state index contributed by atoms with van der Waals surface area (Å²) in [5, 5.41) is 7.45. The van der Waals surface area contributed by atoms with Crippen molar-refractivity contribution in [1.29, 1.82) is 0 Å². The number of fused-ring (bicyclic) bond motifs is 1. The summed E-state index contributed by atoms with van der Waals surface area (Å²) >= 11 is 0. The fourth-order valence-corrected chi connectivity index (χ4v) is 4.68. The van der Waals surface area contributed by atoms with E-state index in [-0.39, 0.29) is 11.6 Å². The zero-order chi connectivity index (χ0) is 27.1. The second-order valence-corrected chi connectivity index (χ2v) is 11.2. The van der Waals surface area contributed by atoms with E-state index in [1.807, 2.05) is 91.0 Å². The van der Waals surface area contributed by atoms with Crippen molar-refractivity contribution in [3.63, 3.8) is 0 Å². The molecule has 0 saturated heterocycles. The van der Waals surface area contributed by atoms with E-state index >= 15 is 0 Å². The molecule has 0 amide bonds. The minimum absolute atomic E-state index is 0.0331. The maximum atomic E-state index is 11.5. The van der Waals surface area contributed by atoms with Gasteiger partial charge in [0.1, 0.15) is 23.6 Å². The average molecular weight is 540 g/mol.